The molecule has 2 N–H and O–H groups in total. The van der Waals surface area contributed by atoms with Crippen LogP contribution in [0.5, 0.6) is 0 Å². The first-order chi connectivity index (χ1) is 4.41. The van der Waals surface area contributed by atoms with Gasteiger partial charge in [0.05, 0.1) is 0 Å². The number of hydrazine groups is 1. The fourth-order valence-electron chi connectivity index (χ4n) is 0.577. The summed E-state index contributed by atoms with van der Waals surface area (Å²) < 4.78 is 0. The summed E-state index contributed by atoms with van der Waals surface area (Å²) in [5, 5.41) is 0. The highest BCUT2D eigenvalue weighted by atomic mass is 16.1. The predicted octanol–water partition coefficient (Wildman–Crippen LogP) is 0.427. The summed E-state index contributed by atoms with van der Waals surface area (Å²) in [4.78, 5) is 9.66. The van der Waals surface area contributed by atoms with Crippen LogP contribution < -0.4 is 10.9 Å². The molecule has 3 nitrogen and oxygen atoms in total. The Morgan fingerprint density at radius 3 is 2.78 bits per heavy atom. The summed E-state index contributed by atoms with van der Waals surface area (Å²) in [7, 11) is 0. The number of hydrogen-bond acceptors (Lipinski definition) is 2. The Morgan fingerprint density at radius 1 is 1.44 bits per heavy atom. The molecule has 0 aliphatic carbocycles. The summed E-state index contributed by atoms with van der Waals surface area (Å²) in [6, 6.07) is 0. The SMILES string of the molecule is CCCCCNNC=O. The molecule has 0 aliphatic rings. The van der Waals surface area contributed by atoms with Crippen molar-refractivity contribution in [3.63, 3.8) is 0 Å². The van der Waals surface area contributed by atoms with Gasteiger partial charge in [-0.15, -0.1) is 0 Å². The van der Waals surface area contributed by atoms with Crippen LogP contribution >= 0.6 is 0 Å². The molecule has 1 amide bonds. The maximum absolute atomic E-state index is 9.66. The Kier molecular flexibility index (Phi) is 6.96. The zero-order chi connectivity index (χ0) is 6.95. The van der Waals surface area contributed by atoms with Gasteiger partial charge in [0.2, 0.25) is 6.41 Å². The van der Waals surface area contributed by atoms with E-state index >= 15 is 0 Å². The van der Waals surface area contributed by atoms with Gasteiger partial charge < -0.3 is 0 Å². The fraction of sp³-hybridized carbons (Fsp3) is 0.833. The molecule has 54 valence electrons. The lowest BCUT2D eigenvalue weighted by Gasteiger charge is -1.99. The summed E-state index contributed by atoms with van der Waals surface area (Å²) in [6.07, 6.45) is 4.19. The van der Waals surface area contributed by atoms with Crippen LogP contribution in [0.1, 0.15) is 26.2 Å². The molecule has 0 atom stereocenters. The quantitative estimate of drug-likeness (QED) is 0.311. The number of carbonyl (C=O) groups excluding carboxylic acids is 1. The summed E-state index contributed by atoms with van der Waals surface area (Å²) >= 11 is 0. The number of nitrogens with one attached hydrogen (secondary N) is 2. The first-order valence-electron chi connectivity index (χ1n) is 3.34. The Hall–Kier alpha value is -0.570. The highest BCUT2D eigenvalue weighted by Gasteiger charge is 1.82. The van der Waals surface area contributed by atoms with Crippen LogP contribution in [-0.2, 0) is 4.79 Å². The van der Waals surface area contributed by atoms with E-state index < -0.39 is 0 Å². The summed E-state index contributed by atoms with van der Waals surface area (Å²) in [5.41, 5.74) is 5.13. The van der Waals surface area contributed by atoms with Crippen LogP contribution in [-0.4, -0.2) is 13.0 Å². The van der Waals surface area contributed by atoms with Crippen LogP contribution in [0.2, 0.25) is 0 Å². The van der Waals surface area contributed by atoms with E-state index in [-0.39, 0.29) is 0 Å². The maximum Gasteiger partial charge on any atom is 0.221 e. The van der Waals surface area contributed by atoms with E-state index in [1.807, 2.05) is 0 Å². The summed E-state index contributed by atoms with van der Waals surface area (Å²) in [6.45, 7) is 3.01. The van der Waals surface area contributed by atoms with Gasteiger partial charge in [0.25, 0.3) is 0 Å². The van der Waals surface area contributed by atoms with Crippen molar-refractivity contribution in [2.24, 2.45) is 0 Å². The molecule has 0 saturated heterocycles. The van der Waals surface area contributed by atoms with Crippen LogP contribution in [0.3, 0.4) is 0 Å². The number of hydrogen-bond donors (Lipinski definition) is 2. The number of rotatable bonds is 6. The average Bonchev–Trinajstić information content (AvgIpc) is 1.89. The van der Waals surface area contributed by atoms with Gasteiger partial charge in [0.1, 0.15) is 0 Å². The highest BCUT2D eigenvalue weighted by molar-refractivity contribution is 5.44. The number of unbranched alkanes of at least 4 members (excludes halogenated alkanes) is 2. The van der Waals surface area contributed by atoms with Crippen LogP contribution in [0, 0.1) is 0 Å². The van der Waals surface area contributed by atoms with Crippen molar-refractivity contribution in [3.05, 3.63) is 0 Å². The van der Waals surface area contributed by atoms with Crippen molar-refractivity contribution >= 4 is 6.41 Å². The van der Waals surface area contributed by atoms with Gasteiger partial charge in [0, 0.05) is 6.54 Å². The molecule has 0 aliphatic heterocycles. The lowest BCUT2D eigenvalue weighted by molar-refractivity contribution is -0.110. The normalized spacial score (nSPS) is 9.00. The second-order valence-electron chi connectivity index (χ2n) is 1.90. The van der Waals surface area contributed by atoms with Crippen LogP contribution in [0.15, 0.2) is 0 Å². The molecule has 0 bridgehead atoms. The second-order valence-corrected chi connectivity index (χ2v) is 1.90. The Balaban J connectivity index is 2.66. The van der Waals surface area contributed by atoms with Crippen molar-refractivity contribution in [3.8, 4) is 0 Å². The standard InChI is InChI=1S/C6H14N2O/c1-2-3-4-5-7-8-6-9/h6-7H,2-5H2,1H3,(H,8,9). The van der Waals surface area contributed by atoms with Gasteiger partial charge in [0.15, 0.2) is 0 Å². The zero-order valence-electron chi connectivity index (χ0n) is 5.81. The lowest BCUT2D eigenvalue weighted by atomic mass is 10.3. The van der Waals surface area contributed by atoms with E-state index in [2.05, 4.69) is 17.8 Å². The fourth-order valence-corrected chi connectivity index (χ4v) is 0.577. The highest BCUT2D eigenvalue weighted by Crippen LogP contribution is 1.89. The minimum absolute atomic E-state index is 0.645. The molecule has 0 heterocycles. The molecular weight excluding hydrogens is 116 g/mol. The number of carbonyl (C=O) groups is 1. The van der Waals surface area contributed by atoms with Crippen molar-refractivity contribution in [1.29, 1.82) is 0 Å². The molecular formula is C6H14N2O. The largest absolute Gasteiger partial charge is 0.294 e. The van der Waals surface area contributed by atoms with Gasteiger partial charge in [-0.05, 0) is 6.42 Å². The zero-order valence-corrected chi connectivity index (χ0v) is 5.81. The molecule has 3 heteroatoms. The average molecular weight is 130 g/mol. The molecule has 0 spiro atoms. The molecule has 9 heavy (non-hydrogen) atoms. The Bertz CT molecular complexity index is 66.1. The molecule has 0 aromatic rings. The van der Waals surface area contributed by atoms with E-state index in [1.165, 1.54) is 12.8 Å². The van der Waals surface area contributed by atoms with Crippen LogP contribution in [0.4, 0.5) is 0 Å². The first kappa shape index (κ1) is 8.43. The number of amides is 1. The third kappa shape index (κ3) is 7.43. The Labute approximate surface area is 55.8 Å². The molecule has 0 radical (unpaired) electrons. The van der Waals surface area contributed by atoms with E-state index in [9.17, 15) is 4.79 Å². The van der Waals surface area contributed by atoms with Crippen molar-refractivity contribution in [1.82, 2.24) is 10.9 Å². The molecule has 0 unspecified atom stereocenters. The molecule has 0 fully saturated rings. The molecule has 0 saturated carbocycles. The van der Waals surface area contributed by atoms with Crippen molar-refractivity contribution < 1.29 is 4.79 Å². The van der Waals surface area contributed by atoms with Gasteiger partial charge in [-0.3, -0.25) is 10.2 Å². The van der Waals surface area contributed by atoms with Gasteiger partial charge in [-0.1, -0.05) is 19.8 Å². The van der Waals surface area contributed by atoms with E-state index in [0.717, 1.165) is 13.0 Å². The maximum atomic E-state index is 9.66. The minimum Gasteiger partial charge on any atom is -0.294 e. The first-order valence-corrected chi connectivity index (χ1v) is 3.34. The molecule has 0 aromatic carbocycles. The van der Waals surface area contributed by atoms with Gasteiger partial charge >= 0.3 is 0 Å². The lowest BCUT2D eigenvalue weighted by Crippen LogP contribution is -2.30. The third-order valence-electron chi connectivity index (χ3n) is 1.07. The molecule has 0 rings (SSSR count). The van der Waals surface area contributed by atoms with Crippen LogP contribution in [0.25, 0.3) is 0 Å². The van der Waals surface area contributed by atoms with E-state index in [0.29, 0.717) is 6.41 Å². The minimum atomic E-state index is 0.645. The van der Waals surface area contributed by atoms with Gasteiger partial charge in [-0.25, -0.2) is 5.43 Å². The van der Waals surface area contributed by atoms with E-state index in [1.54, 1.807) is 0 Å². The Morgan fingerprint density at radius 2 is 2.22 bits per heavy atom. The predicted molar refractivity (Wildman–Crippen MR) is 36.7 cm³/mol. The van der Waals surface area contributed by atoms with E-state index in [4.69, 9.17) is 0 Å². The summed E-state index contributed by atoms with van der Waals surface area (Å²) in [5.74, 6) is 0. The van der Waals surface area contributed by atoms with Gasteiger partial charge in [-0.2, -0.15) is 0 Å². The smallest absolute Gasteiger partial charge is 0.221 e. The van der Waals surface area contributed by atoms with Crippen molar-refractivity contribution in [2.75, 3.05) is 6.54 Å². The van der Waals surface area contributed by atoms with Crippen molar-refractivity contribution in [2.45, 2.75) is 26.2 Å². The topological polar surface area (TPSA) is 41.1 Å². The third-order valence-corrected chi connectivity index (χ3v) is 1.07. The molecule has 0 aromatic heterocycles. The second kappa shape index (κ2) is 7.43. The monoisotopic (exact) mass is 130 g/mol.